The summed E-state index contributed by atoms with van der Waals surface area (Å²) in [5.41, 5.74) is 0.711. The Morgan fingerprint density at radius 3 is 2.33 bits per heavy atom. The molecule has 0 heterocycles. The molecule has 0 atom stereocenters. The first-order valence-electron chi connectivity index (χ1n) is 5.41. The molecule has 0 amide bonds. The second-order valence-corrected chi connectivity index (χ2v) is 6.88. The van der Waals surface area contributed by atoms with Crippen molar-refractivity contribution in [3.8, 4) is 0 Å². The molecule has 0 aliphatic carbocycles. The van der Waals surface area contributed by atoms with E-state index in [9.17, 15) is 8.42 Å². The van der Waals surface area contributed by atoms with Crippen molar-refractivity contribution in [3.05, 3.63) is 27.7 Å². The number of hydrogen-bond acceptors (Lipinski definition) is 3. The Hall–Kier alpha value is -0.330. The van der Waals surface area contributed by atoms with E-state index in [0.29, 0.717) is 17.1 Å². The molecule has 0 bridgehead atoms. The number of nitrogens with one attached hydrogen (secondary N) is 1. The molecule has 0 aliphatic rings. The Morgan fingerprint density at radius 2 is 1.83 bits per heavy atom. The number of rotatable bonds is 5. The molecule has 18 heavy (non-hydrogen) atoms. The number of hydrogen-bond donors (Lipinski definition) is 1. The first kappa shape index (κ1) is 15.7. The van der Waals surface area contributed by atoms with Crippen molar-refractivity contribution >= 4 is 33.2 Å². The fourth-order valence-electron chi connectivity index (χ4n) is 1.36. The number of nitrogens with zero attached hydrogens (tertiary/aromatic N) is 1. The van der Waals surface area contributed by atoms with Crippen LogP contribution >= 0.6 is 23.2 Å². The van der Waals surface area contributed by atoms with Gasteiger partial charge >= 0.3 is 0 Å². The van der Waals surface area contributed by atoms with Crippen LogP contribution in [0.25, 0.3) is 0 Å². The van der Waals surface area contributed by atoms with Gasteiger partial charge in [0.2, 0.25) is 10.0 Å². The first-order valence-corrected chi connectivity index (χ1v) is 7.61. The van der Waals surface area contributed by atoms with Crippen molar-refractivity contribution in [2.75, 3.05) is 20.6 Å². The van der Waals surface area contributed by atoms with E-state index in [1.165, 1.54) is 26.2 Å². The van der Waals surface area contributed by atoms with Crippen molar-refractivity contribution in [1.82, 2.24) is 9.62 Å². The molecule has 0 spiro atoms. The highest BCUT2D eigenvalue weighted by Crippen LogP contribution is 2.29. The van der Waals surface area contributed by atoms with Crippen LogP contribution in [0.4, 0.5) is 0 Å². The molecule has 0 aromatic heterocycles. The summed E-state index contributed by atoms with van der Waals surface area (Å²) in [6.45, 7) is 3.23. The summed E-state index contributed by atoms with van der Waals surface area (Å²) < 4.78 is 25.3. The van der Waals surface area contributed by atoms with Gasteiger partial charge in [-0.15, -0.1) is 0 Å². The Bertz CT molecular complexity index is 530. The minimum absolute atomic E-state index is 0.0754. The fraction of sp³-hybridized carbons (Fsp3) is 0.455. The molecule has 7 heteroatoms. The lowest BCUT2D eigenvalue weighted by Gasteiger charge is -2.15. The van der Waals surface area contributed by atoms with E-state index in [4.69, 9.17) is 23.2 Å². The molecule has 102 valence electrons. The minimum atomic E-state index is -3.56. The van der Waals surface area contributed by atoms with Gasteiger partial charge in [0.05, 0.1) is 5.02 Å². The molecule has 0 radical (unpaired) electrons. The van der Waals surface area contributed by atoms with Crippen LogP contribution in [0.2, 0.25) is 10.0 Å². The standard InChI is InChI=1S/C11H16Cl2N2O2S/c1-4-14-7-8-5-11(10(13)6-9(8)12)18(16,17)15(2)3/h5-6,14H,4,7H2,1-3H3. The Kier molecular flexibility index (Phi) is 5.43. The highest BCUT2D eigenvalue weighted by atomic mass is 35.5. The van der Waals surface area contributed by atoms with Gasteiger partial charge in [0.25, 0.3) is 0 Å². The summed E-state index contributed by atoms with van der Waals surface area (Å²) >= 11 is 12.0. The van der Waals surface area contributed by atoms with E-state index < -0.39 is 10.0 Å². The van der Waals surface area contributed by atoms with Gasteiger partial charge in [-0.25, -0.2) is 12.7 Å². The zero-order chi connectivity index (χ0) is 13.9. The monoisotopic (exact) mass is 310 g/mol. The van der Waals surface area contributed by atoms with Crippen LogP contribution in [0, 0.1) is 0 Å². The van der Waals surface area contributed by atoms with Crippen molar-refractivity contribution in [2.24, 2.45) is 0 Å². The SMILES string of the molecule is CCNCc1cc(S(=O)(=O)N(C)C)c(Cl)cc1Cl. The quantitative estimate of drug-likeness (QED) is 0.908. The Morgan fingerprint density at radius 1 is 1.22 bits per heavy atom. The van der Waals surface area contributed by atoms with E-state index in [1.54, 1.807) is 0 Å². The highest BCUT2D eigenvalue weighted by Gasteiger charge is 2.22. The van der Waals surface area contributed by atoms with Gasteiger partial charge in [0, 0.05) is 25.7 Å². The first-order chi connectivity index (χ1) is 8.30. The third kappa shape index (κ3) is 3.36. The van der Waals surface area contributed by atoms with Crippen molar-refractivity contribution in [2.45, 2.75) is 18.4 Å². The van der Waals surface area contributed by atoms with E-state index in [-0.39, 0.29) is 9.92 Å². The Balaban J connectivity index is 3.29. The smallest absolute Gasteiger partial charge is 0.244 e. The van der Waals surface area contributed by atoms with Crippen LogP contribution in [0.15, 0.2) is 17.0 Å². The summed E-state index contributed by atoms with van der Waals surface area (Å²) in [5, 5.41) is 3.69. The summed E-state index contributed by atoms with van der Waals surface area (Å²) in [5.74, 6) is 0. The van der Waals surface area contributed by atoms with Gasteiger partial charge < -0.3 is 5.32 Å². The van der Waals surface area contributed by atoms with Gasteiger partial charge in [-0.3, -0.25) is 0 Å². The largest absolute Gasteiger partial charge is 0.313 e. The van der Waals surface area contributed by atoms with E-state index in [2.05, 4.69) is 5.32 Å². The topological polar surface area (TPSA) is 49.4 Å². The second kappa shape index (κ2) is 6.21. The molecule has 0 saturated carbocycles. The molecule has 0 fully saturated rings. The Labute approximate surface area is 118 Å². The van der Waals surface area contributed by atoms with Crippen LogP contribution < -0.4 is 5.32 Å². The van der Waals surface area contributed by atoms with Gasteiger partial charge in [0.15, 0.2) is 0 Å². The van der Waals surface area contributed by atoms with Gasteiger partial charge in [-0.2, -0.15) is 0 Å². The van der Waals surface area contributed by atoms with Crippen LogP contribution in [0.1, 0.15) is 12.5 Å². The molecule has 0 saturated heterocycles. The molecule has 0 aliphatic heterocycles. The third-order valence-corrected chi connectivity index (χ3v) is 5.06. The average Bonchev–Trinajstić information content (AvgIpc) is 2.27. The maximum atomic E-state index is 12.1. The van der Waals surface area contributed by atoms with Crippen LogP contribution in [-0.2, 0) is 16.6 Å². The molecule has 4 nitrogen and oxygen atoms in total. The number of halogens is 2. The van der Waals surface area contributed by atoms with Crippen LogP contribution in [-0.4, -0.2) is 33.4 Å². The number of benzene rings is 1. The molecular weight excluding hydrogens is 295 g/mol. The maximum absolute atomic E-state index is 12.1. The lowest BCUT2D eigenvalue weighted by molar-refractivity contribution is 0.520. The fourth-order valence-corrected chi connectivity index (χ4v) is 3.09. The van der Waals surface area contributed by atoms with E-state index in [1.807, 2.05) is 6.92 Å². The molecule has 0 unspecified atom stereocenters. The van der Waals surface area contributed by atoms with Gasteiger partial charge in [-0.1, -0.05) is 30.1 Å². The normalized spacial score (nSPS) is 12.1. The zero-order valence-electron chi connectivity index (χ0n) is 10.5. The van der Waals surface area contributed by atoms with E-state index >= 15 is 0 Å². The summed E-state index contributed by atoms with van der Waals surface area (Å²) in [4.78, 5) is 0.0754. The lowest BCUT2D eigenvalue weighted by Crippen LogP contribution is -2.23. The molecule has 1 aromatic rings. The number of sulfonamides is 1. The van der Waals surface area contributed by atoms with E-state index in [0.717, 1.165) is 10.8 Å². The van der Waals surface area contributed by atoms with Crippen molar-refractivity contribution in [1.29, 1.82) is 0 Å². The molecular formula is C11H16Cl2N2O2S. The third-order valence-electron chi connectivity index (χ3n) is 2.42. The molecule has 1 aromatic carbocycles. The summed E-state index contributed by atoms with van der Waals surface area (Å²) in [7, 11) is -0.632. The minimum Gasteiger partial charge on any atom is -0.313 e. The van der Waals surface area contributed by atoms with Gasteiger partial charge in [0.1, 0.15) is 4.90 Å². The average molecular weight is 311 g/mol. The molecule has 1 rings (SSSR count). The predicted molar refractivity (Wildman–Crippen MR) is 74.7 cm³/mol. The van der Waals surface area contributed by atoms with Crippen LogP contribution in [0.3, 0.4) is 0 Å². The van der Waals surface area contributed by atoms with Crippen molar-refractivity contribution in [3.63, 3.8) is 0 Å². The van der Waals surface area contributed by atoms with Crippen LogP contribution in [0.5, 0.6) is 0 Å². The highest BCUT2D eigenvalue weighted by molar-refractivity contribution is 7.89. The van der Waals surface area contributed by atoms with Gasteiger partial charge in [-0.05, 0) is 24.2 Å². The summed E-state index contributed by atoms with van der Waals surface area (Å²) in [6.07, 6.45) is 0. The predicted octanol–water partition coefficient (Wildman–Crippen LogP) is 2.35. The maximum Gasteiger partial charge on any atom is 0.244 e. The second-order valence-electron chi connectivity index (χ2n) is 3.94. The zero-order valence-corrected chi connectivity index (χ0v) is 12.8. The lowest BCUT2D eigenvalue weighted by atomic mass is 10.2. The van der Waals surface area contributed by atoms with Crippen molar-refractivity contribution < 1.29 is 8.42 Å². The molecule has 1 N–H and O–H groups in total. The summed E-state index contributed by atoms with van der Waals surface area (Å²) in [6, 6.07) is 2.98.